The van der Waals surface area contributed by atoms with E-state index < -0.39 is 11.6 Å². The molecule has 0 amide bonds. The van der Waals surface area contributed by atoms with E-state index in [1.165, 1.54) is 6.07 Å². The Morgan fingerprint density at radius 1 is 1.37 bits per heavy atom. The van der Waals surface area contributed by atoms with E-state index in [0.29, 0.717) is 13.2 Å². The van der Waals surface area contributed by atoms with Crippen LogP contribution in [-0.2, 0) is 4.74 Å². The zero-order chi connectivity index (χ0) is 14.4. The fourth-order valence-corrected chi connectivity index (χ4v) is 1.57. The van der Waals surface area contributed by atoms with Crippen molar-refractivity contribution in [1.82, 2.24) is 4.90 Å². The summed E-state index contributed by atoms with van der Waals surface area (Å²) in [4.78, 5) is 13.6. The zero-order valence-corrected chi connectivity index (χ0v) is 11.5. The van der Waals surface area contributed by atoms with Crippen molar-refractivity contribution in [3.8, 4) is 0 Å². The molecule has 0 aliphatic heterocycles. The maximum Gasteiger partial charge on any atom is 0.179 e. The molecule has 0 spiro atoms. The van der Waals surface area contributed by atoms with Crippen LogP contribution in [-0.4, -0.2) is 43.5 Å². The van der Waals surface area contributed by atoms with Crippen LogP contribution in [0.15, 0.2) is 18.2 Å². The molecule has 3 nitrogen and oxygen atoms in total. The van der Waals surface area contributed by atoms with Gasteiger partial charge in [0.1, 0.15) is 11.6 Å². The molecular formula is C14H19F2NO2. The van der Waals surface area contributed by atoms with Gasteiger partial charge in [0.15, 0.2) is 5.78 Å². The SMILES string of the molecule is CC(C)OCCN(C)CC(=O)c1ccc(F)cc1F. The Bertz CT molecular complexity index is 435. The molecule has 106 valence electrons. The maximum atomic E-state index is 13.4. The Labute approximate surface area is 112 Å². The van der Waals surface area contributed by atoms with Gasteiger partial charge in [0, 0.05) is 12.6 Å². The van der Waals surface area contributed by atoms with E-state index >= 15 is 0 Å². The third kappa shape index (κ3) is 5.44. The molecule has 0 saturated heterocycles. The number of benzene rings is 1. The average molecular weight is 271 g/mol. The second-order valence-electron chi connectivity index (χ2n) is 4.70. The van der Waals surface area contributed by atoms with Crippen LogP contribution in [0.1, 0.15) is 24.2 Å². The highest BCUT2D eigenvalue weighted by Gasteiger charge is 2.14. The van der Waals surface area contributed by atoms with Gasteiger partial charge in [-0.2, -0.15) is 0 Å². The topological polar surface area (TPSA) is 29.5 Å². The molecule has 0 fully saturated rings. The summed E-state index contributed by atoms with van der Waals surface area (Å²) in [5.74, 6) is -1.88. The minimum Gasteiger partial charge on any atom is -0.377 e. The van der Waals surface area contributed by atoms with E-state index in [9.17, 15) is 13.6 Å². The fourth-order valence-electron chi connectivity index (χ4n) is 1.57. The number of nitrogens with zero attached hydrogens (tertiary/aromatic N) is 1. The molecule has 0 N–H and O–H groups in total. The average Bonchev–Trinajstić information content (AvgIpc) is 2.27. The van der Waals surface area contributed by atoms with E-state index in [1.54, 1.807) is 11.9 Å². The summed E-state index contributed by atoms with van der Waals surface area (Å²) < 4.78 is 31.5. The third-order valence-electron chi connectivity index (χ3n) is 2.57. The summed E-state index contributed by atoms with van der Waals surface area (Å²) in [7, 11) is 1.75. The molecule has 0 heterocycles. The number of ketones is 1. The molecule has 0 aliphatic rings. The monoisotopic (exact) mass is 271 g/mol. The maximum absolute atomic E-state index is 13.4. The van der Waals surface area contributed by atoms with Crippen molar-refractivity contribution in [2.24, 2.45) is 0 Å². The van der Waals surface area contributed by atoms with Crippen LogP contribution >= 0.6 is 0 Å². The predicted molar refractivity (Wildman–Crippen MR) is 69.3 cm³/mol. The highest BCUT2D eigenvalue weighted by molar-refractivity contribution is 5.97. The van der Waals surface area contributed by atoms with Gasteiger partial charge in [-0.05, 0) is 33.0 Å². The second kappa shape index (κ2) is 7.31. The van der Waals surface area contributed by atoms with Crippen LogP contribution in [0, 0.1) is 11.6 Å². The van der Waals surface area contributed by atoms with Crippen molar-refractivity contribution >= 4 is 5.78 Å². The summed E-state index contributed by atoms with van der Waals surface area (Å²) in [6.45, 7) is 5.02. The van der Waals surface area contributed by atoms with Crippen LogP contribution in [0.3, 0.4) is 0 Å². The number of hydrogen-bond acceptors (Lipinski definition) is 3. The second-order valence-corrected chi connectivity index (χ2v) is 4.70. The lowest BCUT2D eigenvalue weighted by atomic mass is 10.1. The van der Waals surface area contributed by atoms with Gasteiger partial charge in [0.25, 0.3) is 0 Å². The first-order chi connectivity index (χ1) is 8.90. The van der Waals surface area contributed by atoms with E-state index in [2.05, 4.69) is 0 Å². The van der Waals surface area contributed by atoms with Crippen LogP contribution in [0.4, 0.5) is 8.78 Å². The van der Waals surface area contributed by atoms with E-state index in [1.807, 2.05) is 13.8 Å². The summed E-state index contributed by atoms with van der Waals surface area (Å²) in [6, 6.07) is 2.97. The Hall–Kier alpha value is -1.33. The molecule has 0 aromatic heterocycles. The number of carbonyl (C=O) groups excluding carboxylic acids is 1. The molecule has 0 saturated carbocycles. The minimum atomic E-state index is -0.822. The lowest BCUT2D eigenvalue weighted by molar-refractivity contribution is 0.0619. The molecule has 0 atom stereocenters. The lowest BCUT2D eigenvalue weighted by Crippen LogP contribution is -2.30. The van der Waals surface area contributed by atoms with Crippen LogP contribution in [0.5, 0.6) is 0 Å². The highest BCUT2D eigenvalue weighted by atomic mass is 19.1. The van der Waals surface area contributed by atoms with E-state index in [0.717, 1.165) is 12.1 Å². The van der Waals surface area contributed by atoms with Gasteiger partial charge in [-0.25, -0.2) is 8.78 Å². The largest absolute Gasteiger partial charge is 0.377 e. The minimum absolute atomic E-state index is 0.0734. The number of likely N-dealkylation sites (N-methyl/N-ethyl adjacent to an activating group) is 1. The van der Waals surface area contributed by atoms with Crippen molar-refractivity contribution in [2.75, 3.05) is 26.7 Å². The van der Waals surface area contributed by atoms with Gasteiger partial charge < -0.3 is 4.74 Å². The van der Waals surface area contributed by atoms with Gasteiger partial charge in [-0.1, -0.05) is 0 Å². The Morgan fingerprint density at radius 3 is 2.63 bits per heavy atom. The number of hydrogen-bond donors (Lipinski definition) is 0. The molecule has 0 unspecified atom stereocenters. The first-order valence-electron chi connectivity index (χ1n) is 6.18. The van der Waals surface area contributed by atoms with Crippen molar-refractivity contribution < 1.29 is 18.3 Å². The summed E-state index contributed by atoms with van der Waals surface area (Å²) in [5, 5.41) is 0. The van der Waals surface area contributed by atoms with Crippen molar-refractivity contribution in [2.45, 2.75) is 20.0 Å². The van der Waals surface area contributed by atoms with Crippen molar-refractivity contribution in [3.63, 3.8) is 0 Å². The molecular weight excluding hydrogens is 252 g/mol. The Kier molecular flexibility index (Phi) is 6.05. The first kappa shape index (κ1) is 15.7. The third-order valence-corrected chi connectivity index (χ3v) is 2.57. The first-order valence-corrected chi connectivity index (χ1v) is 6.18. The number of carbonyl (C=O) groups is 1. The molecule has 0 radical (unpaired) electrons. The summed E-state index contributed by atoms with van der Waals surface area (Å²) in [6.07, 6.45) is 0.138. The normalized spacial score (nSPS) is 11.3. The standard InChI is InChI=1S/C14H19F2NO2/c1-10(2)19-7-6-17(3)9-14(18)12-5-4-11(15)8-13(12)16/h4-5,8,10H,6-7,9H2,1-3H3. The van der Waals surface area contributed by atoms with Crippen molar-refractivity contribution in [1.29, 1.82) is 0 Å². The molecule has 0 aliphatic carbocycles. The number of rotatable bonds is 7. The van der Waals surface area contributed by atoms with Gasteiger partial charge in [-0.3, -0.25) is 9.69 Å². The van der Waals surface area contributed by atoms with Gasteiger partial charge in [-0.15, -0.1) is 0 Å². The molecule has 5 heteroatoms. The smallest absolute Gasteiger partial charge is 0.179 e. The van der Waals surface area contributed by atoms with Gasteiger partial charge >= 0.3 is 0 Å². The number of halogens is 2. The van der Waals surface area contributed by atoms with Crippen molar-refractivity contribution in [3.05, 3.63) is 35.4 Å². The summed E-state index contributed by atoms with van der Waals surface area (Å²) in [5.41, 5.74) is -0.0852. The molecule has 1 aromatic carbocycles. The van der Waals surface area contributed by atoms with E-state index in [-0.39, 0.29) is 24.0 Å². The number of ether oxygens (including phenoxy) is 1. The van der Waals surface area contributed by atoms with E-state index in [4.69, 9.17) is 4.74 Å². The summed E-state index contributed by atoms with van der Waals surface area (Å²) >= 11 is 0. The van der Waals surface area contributed by atoms with Crippen LogP contribution < -0.4 is 0 Å². The molecule has 19 heavy (non-hydrogen) atoms. The zero-order valence-electron chi connectivity index (χ0n) is 11.5. The fraction of sp³-hybridized carbons (Fsp3) is 0.500. The quantitative estimate of drug-likeness (QED) is 0.714. The molecule has 0 bridgehead atoms. The Morgan fingerprint density at radius 2 is 2.05 bits per heavy atom. The van der Waals surface area contributed by atoms with Gasteiger partial charge in [0.05, 0.1) is 24.8 Å². The van der Waals surface area contributed by atoms with Crippen LogP contribution in [0.2, 0.25) is 0 Å². The highest BCUT2D eigenvalue weighted by Crippen LogP contribution is 2.10. The molecule has 1 rings (SSSR count). The van der Waals surface area contributed by atoms with Gasteiger partial charge in [0.2, 0.25) is 0 Å². The number of Topliss-reactive ketones (excluding diaryl/α,β-unsaturated/α-hetero) is 1. The van der Waals surface area contributed by atoms with Crippen LogP contribution in [0.25, 0.3) is 0 Å². The molecule has 1 aromatic rings. The lowest BCUT2D eigenvalue weighted by Gasteiger charge is -2.17. The predicted octanol–water partition coefficient (Wildman–Crippen LogP) is 2.50. The Balaban J connectivity index is 2.50.